The summed E-state index contributed by atoms with van der Waals surface area (Å²) in [6.07, 6.45) is 6.53. The first-order valence-corrected chi connectivity index (χ1v) is 7.89. The Kier molecular flexibility index (Phi) is 4.38. The van der Waals surface area contributed by atoms with Crippen LogP contribution in [0.4, 0.5) is 0 Å². The maximum absolute atomic E-state index is 11.6. The van der Waals surface area contributed by atoms with Gasteiger partial charge in [-0.25, -0.2) is 4.79 Å². The smallest absolute Gasteiger partial charge is 0.338 e. The van der Waals surface area contributed by atoms with Gasteiger partial charge in [0, 0.05) is 18.7 Å². The van der Waals surface area contributed by atoms with E-state index in [4.69, 9.17) is 4.74 Å². The fraction of sp³-hybridized carbons (Fsp3) is 0.562. The number of esters is 1. The first-order chi connectivity index (χ1) is 10.7. The fourth-order valence-corrected chi connectivity index (χ4v) is 3.24. The molecule has 0 bridgehead atoms. The van der Waals surface area contributed by atoms with Crippen LogP contribution in [0.1, 0.15) is 42.4 Å². The molecular formula is C16H22N4O2. The number of ether oxygens (including phenoxy) is 1. The van der Waals surface area contributed by atoms with Gasteiger partial charge >= 0.3 is 5.97 Å². The minimum atomic E-state index is -0.350. The van der Waals surface area contributed by atoms with Crippen molar-refractivity contribution < 1.29 is 9.53 Å². The average Bonchev–Trinajstić information content (AvgIpc) is 2.97. The molecule has 0 radical (unpaired) electrons. The Hall–Kier alpha value is -1.95. The molecule has 0 aromatic carbocycles. The highest BCUT2D eigenvalue weighted by molar-refractivity contribution is 5.90. The molecule has 3 heterocycles. The van der Waals surface area contributed by atoms with Crippen molar-refractivity contribution in [1.29, 1.82) is 0 Å². The molecule has 0 amide bonds. The van der Waals surface area contributed by atoms with Gasteiger partial charge in [0.05, 0.1) is 12.7 Å². The molecule has 2 aromatic heterocycles. The number of fused-ring (bicyclic) bond motifs is 1. The SMILES string of the molecule is CCN1CCCCC1Cc1nnc2cc(C(=O)OC)ccn12. The van der Waals surface area contributed by atoms with Crippen molar-refractivity contribution in [2.75, 3.05) is 20.2 Å². The van der Waals surface area contributed by atoms with E-state index in [2.05, 4.69) is 22.0 Å². The van der Waals surface area contributed by atoms with Crippen LogP contribution in [0.25, 0.3) is 5.65 Å². The Labute approximate surface area is 130 Å². The molecule has 6 heteroatoms. The molecule has 0 saturated carbocycles. The number of likely N-dealkylation sites (N-methyl/N-ethyl adjacent to an activating group) is 1. The van der Waals surface area contributed by atoms with Gasteiger partial charge in [0.15, 0.2) is 5.65 Å². The van der Waals surface area contributed by atoms with E-state index in [1.807, 2.05) is 10.6 Å². The highest BCUT2D eigenvalue weighted by Gasteiger charge is 2.23. The summed E-state index contributed by atoms with van der Waals surface area (Å²) >= 11 is 0. The summed E-state index contributed by atoms with van der Waals surface area (Å²) in [4.78, 5) is 14.1. The minimum Gasteiger partial charge on any atom is -0.465 e. The van der Waals surface area contributed by atoms with E-state index in [1.54, 1.807) is 12.1 Å². The topological polar surface area (TPSA) is 59.7 Å². The molecule has 1 saturated heterocycles. The second-order valence-corrected chi connectivity index (χ2v) is 5.73. The van der Waals surface area contributed by atoms with Crippen molar-refractivity contribution >= 4 is 11.6 Å². The largest absolute Gasteiger partial charge is 0.465 e. The number of piperidine rings is 1. The van der Waals surface area contributed by atoms with Crippen LogP contribution in [0, 0.1) is 0 Å². The van der Waals surface area contributed by atoms with Gasteiger partial charge in [-0.1, -0.05) is 13.3 Å². The van der Waals surface area contributed by atoms with Crippen LogP contribution in [0.3, 0.4) is 0 Å². The lowest BCUT2D eigenvalue weighted by atomic mass is 9.99. The van der Waals surface area contributed by atoms with Gasteiger partial charge in [0.1, 0.15) is 5.82 Å². The van der Waals surface area contributed by atoms with E-state index in [9.17, 15) is 4.79 Å². The number of methoxy groups -OCH3 is 1. The van der Waals surface area contributed by atoms with Crippen LogP contribution in [-0.2, 0) is 11.2 Å². The minimum absolute atomic E-state index is 0.350. The van der Waals surface area contributed by atoms with Crippen molar-refractivity contribution in [1.82, 2.24) is 19.5 Å². The van der Waals surface area contributed by atoms with Gasteiger partial charge in [-0.3, -0.25) is 4.40 Å². The number of carbonyl (C=O) groups is 1. The van der Waals surface area contributed by atoms with Gasteiger partial charge in [0.25, 0.3) is 0 Å². The first-order valence-electron chi connectivity index (χ1n) is 7.89. The van der Waals surface area contributed by atoms with Crippen LogP contribution >= 0.6 is 0 Å². The van der Waals surface area contributed by atoms with E-state index >= 15 is 0 Å². The lowest BCUT2D eigenvalue weighted by molar-refractivity contribution is 0.0600. The third kappa shape index (κ3) is 2.83. The van der Waals surface area contributed by atoms with Gasteiger partial charge in [-0.2, -0.15) is 0 Å². The molecule has 1 fully saturated rings. The molecule has 2 aromatic rings. The third-order valence-corrected chi connectivity index (χ3v) is 4.48. The lowest BCUT2D eigenvalue weighted by Crippen LogP contribution is -2.40. The molecule has 0 spiro atoms. The zero-order valence-electron chi connectivity index (χ0n) is 13.2. The van der Waals surface area contributed by atoms with Crippen molar-refractivity contribution in [3.8, 4) is 0 Å². The standard InChI is InChI=1S/C16H22N4O2/c1-3-19-8-5-4-6-13(19)11-15-18-17-14-10-12(16(21)22-2)7-9-20(14)15/h7,9-10,13H,3-6,8,11H2,1-2H3. The van der Waals surface area contributed by atoms with Gasteiger partial charge < -0.3 is 9.64 Å². The van der Waals surface area contributed by atoms with Crippen LogP contribution in [-0.4, -0.2) is 51.7 Å². The molecule has 1 unspecified atom stereocenters. The number of hydrogen-bond acceptors (Lipinski definition) is 5. The van der Waals surface area contributed by atoms with Crippen molar-refractivity contribution in [2.45, 2.75) is 38.6 Å². The summed E-state index contributed by atoms with van der Waals surface area (Å²) in [5.41, 5.74) is 1.19. The first kappa shape index (κ1) is 15.0. The Morgan fingerprint density at radius 1 is 1.41 bits per heavy atom. The molecule has 1 aliphatic rings. The fourth-order valence-electron chi connectivity index (χ4n) is 3.24. The molecule has 3 rings (SSSR count). The van der Waals surface area contributed by atoms with Crippen LogP contribution < -0.4 is 0 Å². The van der Waals surface area contributed by atoms with E-state index < -0.39 is 0 Å². The number of nitrogens with zero attached hydrogens (tertiary/aromatic N) is 4. The second kappa shape index (κ2) is 6.44. The summed E-state index contributed by atoms with van der Waals surface area (Å²) in [6, 6.07) is 4.01. The zero-order chi connectivity index (χ0) is 15.5. The van der Waals surface area contributed by atoms with Gasteiger partial charge in [0.2, 0.25) is 0 Å². The van der Waals surface area contributed by atoms with Gasteiger partial charge in [-0.05, 0) is 38.1 Å². The summed E-state index contributed by atoms with van der Waals surface area (Å²) in [6.45, 7) is 4.46. The maximum Gasteiger partial charge on any atom is 0.338 e. The van der Waals surface area contributed by atoms with E-state index in [0.717, 1.165) is 18.8 Å². The molecule has 0 N–H and O–H groups in total. The summed E-state index contributed by atoms with van der Waals surface area (Å²) in [5.74, 6) is 0.605. The average molecular weight is 302 g/mol. The number of hydrogen-bond donors (Lipinski definition) is 0. The number of likely N-dealkylation sites (tertiary alicyclic amines) is 1. The lowest BCUT2D eigenvalue weighted by Gasteiger charge is -2.34. The number of carbonyl (C=O) groups excluding carboxylic acids is 1. The highest BCUT2D eigenvalue weighted by atomic mass is 16.5. The van der Waals surface area contributed by atoms with Crippen molar-refractivity contribution in [2.24, 2.45) is 0 Å². The number of pyridine rings is 1. The van der Waals surface area contributed by atoms with E-state index in [-0.39, 0.29) is 5.97 Å². The summed E-state index contributed by atoms with van der Waals surface area (Å²) in [7, 11) is 1.38. The zero-order valence-corrected chi connectivity index (χ0v) is 13.2. The highest BCUT2D eigenvalue weighted by Crippen LogP contribution is 2.20. The van der Waals surface area contributed by atoms with Crippen molar-refractivity contribution in [3.05, 3.63) is 29.7 Å². The number of rotatable bonds is 4. The van der Waals surface area contributed by atoms with Gasteiger partial charge in [-0.15, -0.1) is 10.2 Å². The molecule has 1 atom stereocenters. The molecule has 6 nitrogen and oxygen atoms in total. The van der Waals surface area contributed by atoms with Crippen molar-refractivity contribution in [3.63, 3.8) is 0 Å². The van der Waals surface area contributed by atoms with Crippen LogP contribution in [0.2, 0.25) is 0 Å². The Morgan fingerprint density at radius 3 is 3.05 bits per heavy atom. The summed E-state index contributed by atoms with van der Waals surface area (Å²) in [5, 5.41) is 8.52. The number of aromatic nitrogens is 3. The Balaban J connectivity index is 1.84. The van der Waals surface area contributed by atoms with Crippen LogP contribution in [0.5, 0.6) is 0 Å². The second-order valence-electron chi connectivity index (χ2n) is 5.73. The Morgan fingerprint density at radius 2 is 2.27 bits per heavy atom. The molecule has 1 aliphatic heterocycles. The van der Waals surface area contributed by atoms with E-state index in [1.165, 1.54) is 32.9 Å². The molecule has 0 aliphatic carbocycles. The molecule has 22 heavy (non-hydrogen) atoms. The normalized spacial score (nSPS) is 19.5. The summed E-state index contributed by atoms with van der Waals surface area (Å²) < 4.78 is 6.71. The predicted octanol–water partition coefficient (Wildman–Crippen LogP) is 1.93. The Bertz CT molecular complexity index is 667. The predicted molar refractivity (Wildman–Crippen MR) is 82.9 cm³/mol. The monoisotopic (exact) mass is 302 g/mol. The van der Waals surface area contributed by atoms with Crippen LogP contribution in [0.15, 0.2) is 18.3 Å². The molecular weight excluding hydrogens is 280 g/mol. The molecule has 118 valence electrons. The third-order valence-electron chi connectivity index (χ3n) is 4.48. The maximum atomic E-state index is 11.6. The quantitative estimate of drug-likeness (QED) is 0.808. The van der Waals surface area contributed by atoms with E-state index in [0.29, 0.717) is 17.3 Å².